The zero-order valence-corrected chi connectivity index (χ0v) is 6.63. The van der Waals surface area contributed by atoms with Gasteiger partial charge in [0.05, 0.1) is 0 Å². The molecule has 0 aromatic rings. The molecule has 60 valence electrons. The molecule has 0 aliphatic carbocycles. The average molecular weight is 146 g/mol. The minimum atomic E-state index is -0.0995. The van der Waals surface area contributed by atoms with Crippen LogP contribution in [0.3, 0.4) is 0 Å². The van der Waals surface area contributed by atoms with Crippen LogP contribution in [-0.2, 0) is 9.63 Å². The van der Waals surface area contributed by atoms with Crippen molar-refractivity contribution in [2.75, 3.05) is 13.7 Å². The zero-order valence-electron chi connectivity index (χ0n) is 6.63. The highest BCUT2D eigenvalue weighted by molar-refractivity contribution is 5.77. The number of nitrogens with two attached hydrogens (primary N) is 1. The largest absolute Gasteiger partial charge is 0.341 e. The first kappa shape index (κ1) is 9.39. The Morgan fingerprint density at radius 3 is 2.50 bits per heavy atom. The molecule has 0 aliphatic heterocycles. The van der Waals surface area contributed by atoms with E-state index in [1.54, 1.807) is 11.9 Å². The fourth-order valence-electron chi connectivity index (χ4n) is 0.461. The lowest BCUT2D eigenvalue weighted by molar-refractivity contribution is -0.136. The fraction of sp³-hybridized carbons (Fsp3) is 0.833. The second-order valence-corrected chi connectivity index (χ2v) is 2.41. The van der Waals surface area contributed by atoms with Crippen molar-refractivity contribution in [3.63, 3.8) is 0 Å². The Kier molecular flexibility index (Phi) is 3.99. The summed E-state index contributed by atoms with van der Waals surface area (Å²) in [5.74, 6) is 4.62. The number of carbonyl (C=O) groups is 1. The van der Waals surface area contributed by atoms with Crippen LogP contribution in [0.5, 0.6) is 0 Å². The van der Waals surface area contributed by atoms with Gasteiger partial charge in [-0.1, -0.05) is 0 Å². The predicted octanol–water partition coefficient (Wildman–Crippen LogP) is -0.256. The second kappa shape index (κ2) is 4.24. The lowest BCUT2D eigenvalue weighted by Crippen LogP contribution is -2.36. The molecule has 0 unspecified atom stereocenters. The molecule has 0 saturated heterocycles. The summed E-state index contributed by atoms with van der Waals surface area (Å²) in [6.45, 7) is 3.80. The number of hydrogen-bond donors (Lipinski definition) is 1. The highest BCUT2D eigenvalue weighted by Gasteiger charge is 2.10. The van der Waals surface area contributed by atoms with Gasteiger partial charge in [-0.05, 0) is 13.8 Å². The molecule has 4 heteroatoms. The van der Waals surface area contributed by atoms with Crippen LogP contribution in [-0.4, -0.2) is 30.5 Å². The van der Waals surface area contributed by atoms with Gasteiger partial charge in [0.15, 0.2) is 0 Å². The SMILES string of the molecule is CC(C)N(C)C(=O)CON. The number of hydrogen-bond acceptors (Lipinski definition) is 3. The van der Waals surface area contributed by atoms with Crippen molar-refractivity contribution in [3.8, 4) is 0 Å². The first-order chi connectivity index (χ1) is 4.59. The molecule has 0 aliphatic rings. The van der Waals surface area contributed by atoms with E-state index in [-0.39, 0.29) is 18.6 Å². The molecule has 2 N–H and O–H groups in total. The third kappa shape index (κ3) is 2.80. The Morgan fingerprint density at radius 1 is 1.70 bits per heavy atom. The summed E-state index contributed by atoms with van der Waals surface area (Å²) in [4.78, 5) is 16.7. The molecule has 0 aromatic carbocycles. The Hall–Kier alpha value is -0.610. The minimum absolute atomic E-state index is 0.0469. The Morgan fingerprint density at radius 2 is 2.20 bits per heavy atom. The van der Waals surface area contributed by atoms with E-state index in [1.807, 2.05) is 13.8 Å². The standard InChI is InChI=1S/C6H14N2O2/c1-5(2)8(3)6(9)4-10-7/h5H,4,7H2,1-3H3. The van der Waals surface area contributed by atoms with Crippen LogP contribution in [0, 0.1) is 0 Å². The van der Waals surface area contributed by atoms with Crippen LogP contribution in [0.15, 0.2) is 0 Å². The molecule has 0 bridgehead atoms. The molecule has 0 heterocycles. The van der Waals surface area contributed by atoms with Crippen molar-refractivity contribution in [3.05, 3.63) is 0 Å². The van der Waals surface area contributed by atoms with E-state index >= 15 is 0 Å². The summed E-state index contributed by atoms with van der Waals surface area (Å²) < 4.78 is 0. The van der Waals surface area contributed by atoms with Crippen molar-refractivity contribution < 1.29 is 9.63 Å². The minimum Gasteiger partial charge on any atom is -0.341 e. The predicted molar refractivity (Wildman–Crippen MR) is 38.0 cm³/mol. The first-order valence-electron chi connectivity index (χ1n) is 3.17. The molecule has 10 heavy (non-hydrogen) atoms. The Bertz CT molecular complexity index is 114. The van der Waals surface area contributed by atoms with Crippen LogP contribution in [0.1, 0.15) is 13.8 Å². The van der Waals surface area contributed by atoms with Crippen LogP contribution < -0.4 is 5.90 Å². The van der Waals surface area contributed by atoms with Crippen molar-refractivity contribution in [1.82, 2.24) is 4.90 Å². The molecule has 0 rings (SSSR count). The first-order valence-corrected chi connectivity index (χ1v) is 3.17. The third-order valence-electron chi connectivity index (χ3n) is 1.37. The van der Waals surface area contributed by atoms with Gasteiger partial charge in [0.2, 0.25) is 0 Å². The summed E-state index contributed by atoms with van der Waals surface area (Å²) in [7, 11) is 1.71. The molecule has 0 spiro atoms. The molecule has 0 saturated carbocycles. The van der Waals surface area contributed by atoms with E-state index in [0.717, 1.165) is 0 Å². The zero-order chi connectivity index (χ0) is 8.15. The Labute approximate surface area is 60.9 Å². The van der Waals surface area contributed by atoms with Gasteiger partial charge in [-0.25, -0.2) is 5.90 Å². The van der Waals surface area contributed by atoms with Crippen molar-refractivity contribution in [2.45, 2.75) is 19.9 Å². The summed E-state index contributed by atoms with van der Waals surface area (Å²) >= 11 is 0. The smallest absolute Gasteiger partial charge is 0.250 e. The van der Waals surface area contributed by atoms with Gasteiger partial charge >= 0.3 is 0 Å². The monoisotopic (exact) mass is 146 g/mol. The van der Waals surface area contributed by atoms with Gasteiger partial charge in [0.1, 0.15) is 6.61 Å². The maximum Gasteiger partial charge on any atom is 0.250 e. The molecule has 0 aromatic heterocycles. The van der Waals surface area contributed by atoms with Crippen LogP contribution in [0.2, 0.25) is 0 Å². The topological polar surface area (TPSA) is 55.6 Å². The molecule has 0 fully saturated rings. The second-order valence-electron chi connectivity index (χ2n) is 2.41. The maximum atomic E-state index is 10.9. The number of nitrogens with zero attached hydrogens (tertiary/aromatic N) is 1. The molecule has 4 nitrogen and oxygen atoms in total. The quantitative estimate of drug-likeness (QED) is 0.558. The van der Waals surface area contributed by atoms with E-state index in [2.05, 4.69) is 4.84 Å². The van der Waals surface area contributed by atoms with Gasteiger partial charge in [0.25, 0.3) is 5.91 Å². The van der Waals surface area contributed by atoms with E-state index in [0.29, 0.717) is 0 Å². The lowest BCUT2D eigenvalue weighted by Gasteiger charge is -2.20. The number of likely N-dealkylation sites (N-methyl/N-ethyl adjacent to an activating group) is 1. The third-order valence-corrected chi connectivity index (χ3v) is 1.37. The summed E-state index contributed by atoms with van der Waals surface area (Å²) in [6, 6.07) is 0.197. The molecular formula is C6H14N2O2. The summed E-state index contributed by atoms with van der Waals surface area (Å²) in [5.41, 5.74) is 0. The van der Waals surface area contributed by atoms with Gasteiger partial charge in [-0.15, -0.1) is 0 Å². The van der Waals surface area contributed by atoms with Crippen LogP contribution in [0.4, 0.5) is 0 Å². The normalized spacial score (nSPS) is 10.1. The summed E-state index contributed by atoms with van der Waals surface area (Å²) in [6.07, 6.45) is 0. The van der Waals surface area contributed by atoms with E-state index in [4.69, 9.17) is 5.90 Å². The number of amides is 1. The highest BCUT2D eigenvalue weighted by Crippen LogP contribution is 1.93. The summed E-state index contributed by atoms with van der Waals surface area (Å²) in [5, 5.41) is 0. The van der Waals surface area contributed by atoms with E-state index < -0.39 is 0 Å². The van der Waals surface area contributed by atoms with Crippen molar-refractivity contribution in [2.24, 2.45) is 5.90 Å². The van der Waals surface area contributed by atoms with E-state index in [9.17, 15) is 4.79 Å². The molecule has 0 atom stereocenters. The maximum absolute atomic E-state index is 10.9. The average Bonchev–Trinajstić information content (AvgIpc) is 1.87. The van der Waals surface area contributed by atoms with Gasteiger partial charge in [-0.2, -0.15) is 0 Å². The number of carbonyl (C=O) groups excluding carboxylic acids is 1. The highest BCUT2D eigenvalue weighted by atomic mass is 16.6. The molecule has 1 amide bonds. The lowest BCUT2D eigenvalue weighted by atomic mass is 10.3. The van der Waals surface area contributed by atoms with E-state index in [1.165, 1.54) is 0 Å². The molecular weight excluding hydrogens is 132 g/mol. The molecule has 0 radical (unpaired) electrons. The fourth-order valence-corrected chi connectivity index (χ4v) is 0.461. The van der Waals surface area contributed by atoms with Crippen LogP contribution in [0.25, 0.3) is 0 Å². The Balaban J connectivity index is 3.71. The van der Waals surface area contributed by atoms with Crippen molar-refractivity contribution >= 4 is 5.91 Å². The van der Waals surface area contributed by atoms with Gasteiger partial charge in [-0.3, -0.25) is 9.63 Å². The van der Waals surface area contributed by atoms with Gasteiger partial charge in [0, 0.05) is 13.1 Å². The number of rotatable bonds is 3. The van der Waals surface area contributed by atoms with Gasteiger partial charge < -0.3 is 4.90 Å². The van der Waals surface area contributed by atoms with Crippen molar-refractivity contribution in [1.29, 1.82) is 0 Å². The van der Waals surface area contributed by atoms with Crippen LogP contribution >= 0.6 is 0 Å².